The van der Waals surface area contributed by atoms with Crippen molar-refractivity contribution in [3.63, 3.8) is 0 Å². The zero-order chi connectivity index (χ0) is 15.6. The minimum atomic E-state index is -0.612. The number of nitrogens with zero attached hydrogens (tertiary/aromatic N) is 1. The van der Waals surface area contributed by atoms with Crippen molar-refractivity contribution in [3.8, 4) is 0 Å². The number of hydrogen-bond donors (Lipinski definition) is 2. The summed E-state index contributed by atoms with van der Waals surface area (Å²) in [6.45, 7) is 1.69. The molecule has 0 aliphatic rings. The van der Waals surface area contributed by atoms with E-state index in [9.17, 15) is 13.6 Å². The van der Waals surface area contributed by atoms with Crippen molar-refractivity contribution in [1.29, 1.82) is 0 Å². The van der Waals surface area contributed by atoms with E-state index in [0.717, 1.165) is 0 Å². The van der Waals surface area contributed by atoms with Gasteiger partial charge in [-0.25, -0.2) is 8.78 Å². The molecule has 1 atom stereocenters. The summed E-state index contributed by atoms with van der Waals surface area (Å²) in [7, 11) is 1.70. The van der Waals surface area contributed by atoms with Gasteiger partial charge in [0.05, 0.1) is 5.69 Å². The molecule has 1 unspecified atom stereocenters. The second-order valence-electron chi connectivity index (χ2n) is 5.05. The summed E-state index contributed by atoms with van der Waals surface area (Å²) < 4.78 is 28.7. The normalized spacial score (nSPS) is 12.2. The van der Waals surface area contributed by atoms with Crippen LogP contribution in [0.1, 0.15) is 23.0 Å². The monoisotopic (exact) mass is 293 g/mol. The molecule has 0 aliphatic heterocycles. The quantitative estimate of drug-likeness (QED) is 0.908. The number of amides is 1. The molecule has 0 bridgehead atoms. The number of nitrogens with one attached hydrogen (secondary N) is 1. The molecule has 2 rings (SSSR count). The standard InChI is InChI=1S/C15H17F2N3O/c1-9(6-11-12(16)4-3-5-13(11)17)19-15(21)14-7-10(18)8-20(14)2/h3-5,7-9H,6,18H2,1-2H3,(H,19,21). The van der Waals surface area contributed by atoms with Crippen LogP contribution in [0.3, 0.4) is 0 Å². The average molecular weight is 293 g/mol. The summed E-state index contributed by atoms with van der Waals surface area (Å²) >= 11 is 0. The molecule has 1 amide bonds. The van der Waals surface area contributed by atoms with Gasteiger partial charge < -0.3 is 15.6 Å². The Kier molecular flexibility index (Phi) is 4.26. The van der Waals surface area contributed by atoms with E-state index >= 15 is 0 Å². The third-order valence-electron chi connectivity index (χ3n) is 3.21. The van der Waals surface area contributed by atoms with E-state index < -0.39 is 17.7 Å². The van der Waals surface area contributed by atoms with E-state index in [2.05, 4.69) is 5.32 Å². The fraction of sp³-hybridized carbons (Fsp3) is 0.267. The van der Waals surface area contributed by atoms with Crippen molar-refractivity contribution >= 4 is 11.6 Å². The molecule has 4 nitrogen and oxygen atoms in total. The second kappa shape index (κ2) is 5.95. The van der Waals surface area contributed by atoms with Gasteiger partial charge in [-0.15, -0.1) is 0 Å². The predicted octanol–water partition coefficient (Wildman–Crippen LogP) is 2.25. The summed E-state index contributed by atoms with van der Waals surface area (Å²) in [6, 6.07) is 4.84. The maximum atomic E-state index is 13.6. The Morgan fingerprint density at radius 2 is 2.00 bits per heavy atom. The van der Waals surface area contributed by atoms with Gasteiger partial charge in [0.2, 0.25) is 0 Å². The van der Waals surface area contributed by atoms with Crippen molar-refractivity contribution < 1.29 is 13.6 Å². The van der Waals surface area contributed by atoms with E-state index in [1.165, 1.54) is 18.2 Å². The first kappa shape index (κ1) is 15.0. The number of rotatable bonds is 4. The van der Waals surface area contributed by atoms with Gasteiger partial charge in [0.25, 0.3) is 5.91 Å². The minimum Gasteiger partial charge on any atom is -0.397 e. The number of hydrogen-bond acceptors (Lipinski definition) is 2. The Hall–Kier alpha value is -2.37. The van der Waals surface area contributed by atoms with E-state index in [-0.39, 0.29) is 17.9 Å². The van der Waals surface area contributed by atoms with Gasteiger partial charge in [-0.1, -0.05) is 6.07 Å². The van der Waals surface area contributed by atoms with Crippen molar-refractivity contribution in [2.75, 3.05) is 5.73 Å². The van der Waals surface area contributed by atoms with E-state index in [0.29, 0.717) is 11.4 Å². The third kappa shape index (κ3) is 3.39. The van der Waals surface area contributed by atoms with Gasteiger partial charge in [-0.3, -0.25) is 4.79 Å². The van der Waals surface area contributed by atoms with E-state index in [1.54, 1.807) is 30.8 Å². The smallest absolute Gasteiger partial charge is 0.268 e. The van der Waals surface area contributed by atoms with Gasteiger partial charge in [0.15, 0.2) is 0 Å². The lowest BCUT2D eigenvalue weighted by Crippen LogP contribution is -2.35. The number of aromatic nitrogens is 1. The topological polar surface area (TPSA) is 60.1 Å². The van der Waals surface area contributed by atoms with Crippen LogP contribution in [0, 0.1) is 11.6 Å². The van der Waals surface area contributed by atoms with Crippen molar-refractivity contribution in [2.24, 2.45) is 7.05 Å². The van der Waals surface area contributed by atoms with Crippen LogP contribution in [0.25, 0.3) is 0 Å². The number of carbonyl (C=O) groups is 1. The molecular formula is C15H17F2N3O. The molecule has 1 aromatic heterocycles. The fourth-order valence-corrected chi connectivity index (χ4v) is 2.20. The van der Waals surface area contributed by atoms with Crippen LogP contribution in [0.5, 0.6) is 0 Å². The molecular weight excluding hydrogens is 276 g/mol. The van der Waals surface area contributed by atoms with Gasteiger partial charge in [-0.2, -0.15) is 0 Å². The maximum absolute atomic E-state index is 13.6. The highest BCUT2D eigenvalue weighted by atomic mass is 19.1. The van der Waals surface area contributed by atoms with Crippen molar-refractivity contribution in [3.05, 3.63) is 53.4 Å². The van der Waals surface area contributed by atoms with E-state index in [4.69, 9.17) is 5.73 Å². The highest BCUT2D eigenvalue weighted by Gasteiger charge is 2.17. The summed E-state index contributed by atoms with van der Waals surface area (Å²) in [6.07, 6.45) is 1.69. The molecule has 6 heteroatoms. The fourth-order valence-electron chi connectivity index (χ4n) is 2.20. The SMILES string of the molecule is CC(Cc1c(F)cccc1F)NC(=O)c1cc(N)cn1C. The minimum absolute atomic E-state index is 0.0308. The average Bonchev–Trinajstić information content (AvgIpc) is 2.73. The zero-order valence-electron chi connectivity index (χ0n) is 11.9. The van der Waals surface area contributed by atoms with Crippen LogP contribution < -0.4 is 11.1 Å². The molecule has 0 spiro atoms. The Morgan fingerprint density at radius 1 is 1.38 bits per heavy atom. The van der Waals surface area contributed by atoms with Gasteiger partial charge >= 0.3 is 0 Å². The van der Waals surface area contributed by atoms with Crippen LogP contribution in [-0.4, -0.2) is 16.5 Å². The van der Waals surface area contributed by atoms with E-state index in [1.807, 2.05) is 0 Å². The molecule has 1 heterocycles. The summed E-state index contributed by atoms with van der Waals surface area (Å²) in [5, 5.41) is 2.70. The zero-order valence-corrected chi connectivity index (χ0v) is 11.9. The first-order valence-corrected chi connectivity index (χ1v) is 6.54. The maximum Gasteiger partial charge on any atom is 0.268 e. The number of nitrogens with two attached hydrogens (primary N) is 1. The lowest BCUT2D eigenvalue weighted by molar-refractivity contribution is 0.0931. The molecule has 0 saturated carbocycles. The molecule has 1 aromatic carbocycles. The number of aryl methyl sites for hydroxylation is 1. The van der Waals surface area contributed by atoms with Gasteiger partial charge in [0, 0.05) is 24.8 Å². The van der Waals surface area contributed by atoms with Crippen LogP contribution in [0.2, 0.25) is 0 Å². The highest BCUT2D eigenvalue weighted by Crippen LogP contribution is 2.15. The number of carbonyl (C=O) groups excluding carboxylic acids is 1. The second-order valence-corrected chi connectivity index (χ2v) is 5.05. The van der Waals surface area contributed by atoms with Crippen molar-refractivity contribution in [1.82, 2.24) is 9.88 Å². The molecule has 112 valence electrons. The summed E-state index contributed by atoms with van der Waals surface area (Å²) in [5.41, 5.74) is 6.46. The molecule has 0 aliphatic carbocycles. The van der Waals surface area contributed by atoms with Crippen LogP contribution >= 0.6 is 0 Å². The Labute approximate surface area is 121 Å². The molecule has 0 fully saturated rings. The van der Waals surface area contributed by atoms with Gasteiger partial charge in [-0.05, 0) is 31.5 Å². The highest BCUT2D eigenvalue weighted by molar-refractivity contribution is 5.93. The van der Waals surface area contributed by atoms with Crippen LogP contribution in [0.15, 0.2) is 30.5 Å². The number of nitrogen functional groups attached to an aromatic ring is 1. The first-order valence-electron chi connectivity index (χ1n) is 6.54. The largest absolute Gasteiger partial charge is 0.397 e. The lowest BCUT2D eigenvalue weighted by Gasteiger charge is -2.15. The van der Waals surface area contributed by atoms with Crippen molar-refractivity contribution in [2.45, 2.75) is 19.4 Å². The molecule has 2 aromatic rings. The Balaban J connectivity index is 2.07. The molecule has 0 saturated heterocycles. The number of benzene rings is 1. The van der Waals surface area contributed by atoms with Crippen LogP contribution in [-0.2, 0) is 13.5 Å². The number of halogens is 2. The predicted molar refractivity (Wildman–Crippen MR) is 76.8 cm³/mol. The number of anilines is 1. The summed E-state index contributed by atoms with van der Waals surface area (Å²) in [4.78, 5) is 12.1. The molecule has 0 radical (unpaired) electrons. The molecule has 3 N–H and O–H groups in total. The summed E-state index contributed by atoms with van der Waals surface area (Å²) in [5.74, 6) is -1.56. The lowest BCUT2D eigenvalue weighted by atomic mass is 10.1. The third-order valence-corrected chi connectivity index (χ3v) is 3.21. The Bertz CT molecular complexity index is 647. The molecule has 21 heavy (non-hydrogen) atoms. The van der Waals surface area contributed by atoms with Crippen LogP contribution in [0.4, 0.5) is 14.5 Å². The van der Waals surface area contributed by atoms with Gasteiger partial charge in [0.1, 0.15) is 17.3 Å². The first-order chi connectivity index (χ1) is 9.88. The Morgan fingerprint density at radius 3 is 2.52 bits per heavy atom.